The van der Waals surface area contributed by atoms with Gasteiger partial charge in [-0.15, -0.1) is 0 Å². The van der Waals surface area contributed by atoms with Crippen molar-refractivity contribution in [2.45, 2.75) is 85.9 Å². The van der Waals surface area contributed by atoms with Crippen molar-refractivity contribution < 1.29 is 32.3 Å². The molecule has 0 spiro atoms. The van der Waals surface area contributed by atoms with Crippen molar-refractivity contribution in [3.8, 4) is 0 Å². The molecule has 4 atom stereocenters. The summed E-state index contributed by atoms with van der Waals surface area (Å²) in [5, 5.41) is 0. The van der Waals surface area contributed by atoms with Crippen LogP contribution in [0, 0.1) is 16.7 Å². The Hall–Kier alpha value is -1.64. The van der Waals surface area contributed by atoms with Crippen LogP contribution in [-0.4, -0.2) is 44.2 Å². The van der Waals surface area contributed by atoms with Crippen molar-refractivity contribution in [3.63, 3.8) is 0 Å². The van der Waals surface area contributed by atoms with Gasteiger partial charge in [-0.3, -0.25) is 19.1 Å². The molecule has 2 aliphatic carbocycles. The van der Waals surface area contributed by atoms with Crippen molar-refractivity contribution >= 4 is 28.4 Å². The van der Waals surface area contributed by atoms with Gasteiger partial charge in [0.2, 0.25) is 16.4 Å². The van der Waals surface area contributed by atoms with Gasteiger partial charge in [0.15, 0.2) is 0 Å². The molecule has 1 amide bonds. The molecular formula is C20H35NO7S. The van der Waals surface area contributed by atoms with Crippen molar-refractivity contribution in [2.75, 3.05) is 5.75 Å². The van der Waals surface area contributed by atoms with E-state index < -0.39 is 38.5 Å². The van der Waals surface area contributed by atoms with Gasteiger partial charge < -0.3 is 9.47 Å². The van der Waals surface area contributed by atoms with Gasteiger partial charge in [-0.25, -0.2) is 8.42 Å². The first-order valence-corrected chi connectivity index (χ1v) is 11.0. The molecule has 9 heteroatoms. The monoisotopic (exact) mass is 433 g/mol. The molecule has 1 N–H and O–H groups in total. The van der Waals surface area contributed by atoms with Crippen LogP contribution >= 0.6 is 0 Å². The molecule has 4 fully saturated rings. The lowest BCUT2D eigenvalue weighted by Crippen LogP contribution is -2.56. The Morgan fingerprint density at radius 2 is 1.93 bits per heavy atom. The second-order valence-electron chi connectivity index (χ2n) is 9.05. The zero-order valence-corrected chi connectivity index (χ0v) is 16.8. The summed E-state index contributed by atoms with van der Waals surface area (Å²) < 4.78 is 37.9. The number of hydrogen-bond acceptors (Lipinski definition) is 7. The Balaban J connectivity index is 0.00000210. The lowest BCUT2D eigenvalue weighted by Gasteiger charge is -2.52. The third kappa shape index (κ3) is 4.92. The topological polar surface area (TPSA) is 116 Å². The fourth-order valence-corrected chi connectivity index (χ4v) is 6.32. The highest BCUT2D eigenvalue weighted by atomic mass is 32.2. The molecule has 0 aromatic carbocycles. The van der Waals surface area contributed by atoms with Gasteiger partial charge in [0.25, 0.3) is 0 Å². The zero-order valence-electron chi connectivity index (χ0n) is 15.9. The van der Waals surface area contributed by atoms with Crippen LogP contribution in [0.2, 0.25) is 0 Å². The Bertz CT molecular complexity index is 763. The summed E-state index contributed by atoms with van der Waals surface area (Å²) in [6.45, 7) is 5.51. The molecule has 0 aromatic heterocycles. The number of sulfonamides is 1. The Kier molecular flexibility index (Phi) is 7.22. The van der Waals surface area contributed by atoms with E-state index in [0.717, 1.165) is 0 Å². The van der Waals surface area contributed by atoms with E-state index in [-0.39, 0.29) is 39.0 Å². The third-order valence-corrected chi connectivity index (χ3v) is 7.79. The predicted molar refractivity (Wildman–Crippen MR) is 108 cm³/mol. The van der Waals surface area contributed by atoms with Crippen molar-refractivity contribution in [1.82, 2.24) is 4.72 Å². The molecule has 4 unspecified atom stereocenters. The van der Waals surface area contributed by atoms with E-state index in [0.29, 0.717) is 38.5 Å². The highest BCUT2D eigenvalue weighted by Gasteiger charge is 2.62. The lowest BCUT2D eigenvalue weighted by molar-refractivity contribution is -0.190. The molecule has 4 aliphatic rings. The number of rotatable bonds is 7. The van der Waals surface area contributed by atoms with E-state index in [1.54, 1.807) is 13.8 Å². The van der Waals surface area contributed by atoms with Crippen molar-refractivity contribution in [3.05, 3.63) is 0 Å². The van der Waals surface area contributed by atoms with Gasteiger partial charge >= 0.3 is 11.9 Å². The molecule has 0 aromatic rings. The van der Waals surface area contributed by atoms with Crippen LogP contribution in [0.15, 0.2) is 0 Å². The van der Waals surface area contributed by atoms with Crippen LogP contribution in [0.3, 0.4) is 0 Å². The number of amides is 1. The van der Waals surface area contributed by atoms with E-state index >= 15 is 0 Å². The number of hydrogen-bond donors (Lipinski definition) is 1. The fraction of sp³-hybridized carbons (Fsp3) is 0.850. The van der Waals surface area contributed by atoms with Crippen molar-refractivity contribution in [2.24, 2.45) is 16.7 Å². The quantitative estimate of drug-likeness (QED) is 0.484. The van der Waals surface area contributed by atoms with E-state index in [4.69, 9.17) is 9.47 Å². The maximum atomic E-state index is 12.7. The number of nitrogens with one attached hydrogen (secondary N) is 1. The molecular weight excluding hydrogens is 398 g/mol. The smallest absolute Gasteiger partial charge is 0.312 e. The van der Waals surface area contributed by atoms with Crippen LogP contribution in [0.1, 0.15) is 74.1 Å². The highest BCUT2D eigenvalue weighted by molar-refractivity contribution is 7.90. The molecule has 4 bridgehead atoms. The maximum absolute atomic E-state index is 12.7. The summed E-state index contributed by atoms with van der Waals surface area (Å²) in [6.07, 6.45) is 2.12. The molecule has 8 nitrogen and oxygen atoms in total. The van der Waals surface area contributed by atoms with Crippen molar-refractivity contribution in [1.29, 1.82) is 0 Å². The van der Waals surface area contributed by atoms with Gasteiger partial charge in [-0.1, -0.05) is 21.8 Å². The van der Waals surface area contributed by atoms with Gasteiger partial charge in [0, 0.05) is 12.8 Å². The molecule has 168 valence electrons. The van der Waals surface area contributed by atoms with Gasteiger partial charge in [0.1, 0.15) is 11.7 Å². The van der Waals surface area contributed by atoms with Crippen LogP contribution < -0.4 is 4.72 Å². The molecule has 2 aliphatic heterocycles. The minimum atomic E-state index is -3.84. The van der Waals surface area contributed by atoms with E-state index in [9.17, 15) is 22.8 Å². The minimum Gasteiger partial charge on any atom is -0.462 e. The van der Waals surface area contributed by atoms with Crippen LogP contribution in [-0.2, 0) is 33.9 Å². The van der Waals surface area contributed by atoms with E-state index in [1.165, 1.54) is 0 Å². The summed E-state index contributed by atoms with van der Waals surface area (Å²) in [5.41, 5.74) is -2.33. The Morgan fingerprint density at radius 3 is 2.52 bits per heavy atom. The first kappa shape index (κ1) is 25.4. The van der Waals surface area contributed by atoms with Gasteiger partial charge in [0.05, 0.1) is 17.1 Å². The number of ether oxygens (including phenoxy) is 2. The first-order valence-electron chi connectivity index (χ1n) is 9.31. The molecule has 2 saturated heterocycles. The average Bonchev–Trinajstić information content (AvgIpc) is 2.66. The summed E-state index contributed by atoms with van der Waals surface area (Å²) in [4.78, 5) is 35.8. The molecule has 29 heavy (non-hydrogen) atoms. The summed E-state index contributed by atoms with van der Waals surface area (Å²) in [6, 6.07) is 0. The number of carbonyl (C=O) groups is 3. The number of carbonyl (C=O) groups excluding carboxylic acids is 3. The zero-order chi connectivity index (χ0) is 20.1. The minimum absolute atomic E-state index is 0. The summed E-state index contributed by atoms with van der Waals surface area (Å²) in [5.74, 6) is -1.49. The second-order valence-corrected chi connectivity index (χ2v) is 10.8. The fourth-order valence-electron chi connectivity index (χ4n) is 4.95. The van der Waals surface area contributed by atoms with Gasteiger partial charge in [-0.05, 0) is 44.9 Å². The molecule has 4 rings (SSSR count). The van der Waals surface area contributed by atoms with Crippen LogP contribution in [0.5, 0.6) is 0 Å². The molecule has 2 heterocycles. The number of esters is 2. The van der Waals surface area contributed by atoms with Crippen LogP contribution in [0.25, 0.3) is 0 Å². The normalized spacial score (nSPS) is 32.9. The highest BCUT2D eigenvalue weighted by Crippen LogP contribution is 2.58. The Morgan fingerprint density at radius 1 is 1.28 bits per heavy atom. The maximum Gasteiger partial charge on any atom is 0.312 e. The summed E-state index contributed by atoms with van der Waals surface area (Å²) >= 11 is 0. The summed E-state index contributed by atoms with van der Waals surface area (Å²) in [7, 11) is -3.84. The first-order chi connectivity index (χ1) is 12.4. The lowest BCUT2D eigenvalue weighted by atomic mass is 9.57. The predicted octanol–water partition coefficient (Wildman–Crippen LogP) is 2.56. The number of fused-ring (bicyclic) bond motifs is 1. The standard InChI is InChI=1S/C18H27NO7S.2CH4/c1-4-16(2,3)15(22)26-18-6-12-5-17(9-18,10-27(23,24)19-11-20)7-13(8-18)25-14(12)21;;/h11-13H,4-10H2,1-3H3,(H,19,20);2*1H4. The Labute approximate surface area is 174 Å². The van der Waals surface area contributed by atoms with Gasteiger partial charge in [-0.2, -0.15) is 0 Å². The third-order valence-electron chi connectivity index (χ3n) is 6.34. The second kappa shape index (κ2) is 8.24. The van der Waals surface area contributed by atoms with E-state index in [2.05, 4.69) is 0 Å². The molecule has 2 saturated carbocycles. The van der Waals surface area contributed by atoms with Crippen LogP contribution in [0.4, 0.5) is 0 Å². The van der Waals surface area contributed by atoms with E-state index in [1.807, 2.05) is 11.6 Å². The largest absolute Gasteiger partial charge is 0.462 e. The average molecular weight is 434 g/mol. The molecule has 0 radical (unpaired) electrons. The SMILES string of the molecule is C.C.CCC(C)(C)C(=O)OC12CC3CC(CS(=O)(=O)NC=O)(CC(C1)C(=O)O3)C2.